The van der Waals surface area contributed by atoms with E-state index >= 15 is 0 Å². The Kier molecular flexibility index (Phi) is 4.74. The largest absolute Gasteiger partial charge is 0.370 e. The van der Waals surface area contributed by atoms with Crippen molar-refractivity contribution in [2.24, 2.45) is 5.73 Å². The molecule has 0 saturated carbocycles. The number of nitrogens with zero attached hydrogens (tertiary/aromatic N) is 1. The molecule has 1 saturated heterocycles. The highest BCUT2D eigenvalue weighted by atomic mass is 32.2. The monoisotopic (exact) mass is 282 g/mol. The maximum atomic E-state index is 14.0. The van der Waals surface area contributed by atoms with Crippen LogP contribution in [0.4, 0.5) is 10.1 Å². The number of nitrogens with two attached hydrogens (primary N) is 1. The lowest BCUT2D eigenvalue weighted by Crippen LogP contribution is -2.28. The van der Waals surface area contributed by atoms with Crippen LogP contribution < -0.4 is 10.6 Å². The summed E-state index contributed by atoms with van der Waals surface area (Å²) < 4.78 is 14.3. The SMILES string of the molecule is CC1(C)CCN(c2cccc(F)c2CCN)CCS1. The van der Waals surface area contributed by atoms with Gasteiger partial charge in [0.2, 0.25) is 0 Å². The molecule has 2 rings (SSSR count). The van der Waals surface area contributed by atoms with Crippen molar-refractivity contribution in [2.45, 2.75) is 31.4 Å². The van der Waals surface area contributed by atoms with E-state index in [4.69, 9.17) is 5.73 Å². The first-order valence-corrected chi connectivity index (χ1v) is 7.88. The summed E-state index contributed by atoms with van der Waals surface area (Å²) in [7, 11) is 0. The molecule has 19 heavy (non-hydrogen) atoms. The standard InChI is InChI=1S/C15H23FN2S/c1-15(2)7-9-18(10-11-19-15)14-5-3-4-13(16)12(14)6-8-17/h3-5H,6-11,17H2,1-2H3. The number of anilines is 1. The lowest BCUT2D eigenvalue weighted by atomic mass is 10.1. The molecule has 1 aromatic carbocycles. The second kappa shape index (κ2) is 6.14. The van der Waals surface area contributed by atoms with Crippen molar-refractivity contribution in [3.05, 3.63) is 29.6 Å². The molecule has 1 aromatic rings. The van der Waals surface area contributed by atoms with E-state index in [0.29, 0.717) is 17.7 Å². The third kappa shape index (κ3) is 3.63. The van der Waals surface area contributed by atoms with Gasteiger partial charge >= 0.3 is 0 Å². The minimum Gasteiger partial charge on any atom is -0.370 e. The van der Waals surface area contributed by atoms with Crippen LogP contribution >= 0.6 is 11.8 Å². The van der Waals surface area contributed by atoms with Gasteiger partial charge in [-0.1, -0.05) is 19.9 Å². The van der Waals surface area contributed by atoms with E-state index in [9.17, 15) is 4.39 Å². The van der Waals surface area contributed by atoms with Crippen molar-refractivity contribution in [1.29, 1.82) is 0 Å². The molecule has 0 aliphatic carbocycles. The predicted octanol–water partition coefficient (Wildman–Crippen LogP) is 3.05. The van der Waals surface area contributed by atoms with Gasteiger partial charge in [0.1, 0.15) is 5.82 Å². The lowest BCUT2D eigenvalue weighted by Gasteiger charge is -2.26. The summed E-state index contributed by atoms with van der Waals surface area (Å²) >= 11 is 2.00. The van der Waals surface area contributed by atoms with Crippen LogP contribution in [0.3, 0.4) is 0 Å². The average molecular weight is 282 g/mol. The fraction of sp³-hybridized carbons (Fsp3) is 0.600. The summed E-state index contributed by atoms with van der Waals surface area (Å²) in [4.78, 5) is 2.32. The topological polar surface area (TPSA) is 29.3 Å². The molecule has 2 nitrogen and oxygen atoms in total. The van der Waals surface area contributed by atoms with Crippen LogP contribution in [0.5, 0.6) is 0 Å². The molecule has 2 N–H and O–H groups in total. The molecule has 0 bridgehead atoms. The van der Waals surface area contributed by atoms with Gasteiger partial charge in [0.25, 0.3) is 0 Å². The van der Waals surface area contributed by atoms with Gasteiger partial charge in [0, 0.05) is 34.8 Å². The van der Waals surface area contributed by atoms with Gasteiger partial charge in [-0.2, -0.15) is 11.8 Å². The van der Waals surface area contributed by atoms with Crippen molar-refractivity contribution in [3.63, 3.8) is 0 Å². The lowest BCUT2D eigenvalue weighted by molar-refractivity contribution is 0.603. The molecule has 0 aromatic heterocycles. The molecule has 0 atom stereocenters. The van der Waals surface area contributed by atoms with Gasteiger partial charge in [0.15, 0.2) is 0 Å². The summed E-state index contributed by atoms with van der Waals surface area (Å²) in [5.41, 5.74) is 7.42. The highest BCUT2D eigenvalue weighted by Gasteiger charge is 2.25. The van der Waals surface area contributed by atoms with Crippen molar-refractivity contribution < 1.29 is 4.39 Å². The van der Waals surface area contributed by atoms with Gasteiger partial charge in [-0.05, 0) is 31.5 Å². The molecule has 1 heterocycles. The van der Waals surface area contributed by atoms with Crippen LogP contribution in [0.15, 0.2) is 18.2 Å². The van der Waals surface area contributed by atoms with E-state index in [0.717, 1.165) is 36.5 Å². The van der Waals surface area contributed by atoms with E-state index in [1.807, 2.05) is 17.8 Å². The zero-order valence-electron chi connectivity index (χ0n) is 11.8. The number of thioether (sulfide) groups is 1. The van der Waals surface area contributed by atoms with Gasteiger partial charge in [0.05, 0.1) is 0 Å². The van der Waals surface area contributed by atoms with Crippen molar-refractivity contribution in [3.8, 4) is 0 Å². The first-order valence-electron chi connectivity index (χ1n) is 6.90. The maximum absolute atomic E-state index is 14.0. The summed E-state index contributed by atoms with van der Waals surface area (Å²) in [6.07, 6.45) is 1.73. The Hall–Kier alpha value is -0.740. The Morgan fingerprint density at radius 3 is 2.89 bits per heavy atom. The number of hydrogen-bond acceptors (Lipinski definition) is 3. The fourth-order valence-corrected chi connectivity index (χ4v) is 3.60. The third-order valence-corrected chi connectivity index (χ3v) is 5.04. The zero-order chi connectivity index (χ0) is 13.9. The van der Waals surface area contributed by atoms with Crippen LogP contribution in [-0.2, 0) is 6.42 Å². The first kappa shape index (κ1) is 14.7. The van der Waals surface area contributed by atoms with E-state index in [1.54, 1.807) is 6.07 Å². The van der Waals surface area contributed by atoms with Crippen molar-refractivity contribution in [2.75, 3.05) is 30.3 Å². The normalized spacial score (nSPS) is 19.3. The molecule has 1 fully saturated rings. The first-order chi connectivity index (χ1) is 9.03. The highest BCUT2D eigenvalue weighted by Crippen LogP contribution is 2.33. The molecule has 4 heteroatoms. The van der Waals surface area contributed by atoms with Crippen LogP contribution in [0, 0.1) is 5.82 Å². The Morgan fingerprint density at radius 2 is 2.16 bits per heavy atom. The molecule has 1 aliphatic heterocycles. The maximum Gasteiger partial charge on any atom is 0.128 e. The molecule has 0 radical (unpaired) electrons. The van der Waals surface area contributed by atoms with Gasteiger partial charge in [-0.25, -0.2) is 4.39 Å². The van der Waals surface area contributed by atoms with E-state index in [2.05, 4.69) is 18.7 Å². The molecular weight excluding hydrogens is 259 g/mol. The van der Waals surface area contributed by atoms with Crippen LogP contribution in [-0.4, -0.2) is 30.1 Å². The van der Waals surface area contributed by atoms with E-state index in [1.165, 1.54) is 6.07 Å². The minimum absolute atomic E-state index is 0.126. The molecule has 0 spiro atoms. The van der Waals surface area contributed by atoms with Gasteiger partial charge in [-0.3, -0.25) is 0 Å². The minimum atomic E-state index is -0.126. The van der Waals surface area contributed by atoms with E-state index in [-0.39, 0.29) is 5.82 Å². The van der Waals surface area contributed by atoms with Crippen molar-refractivity contribution in [1.82, 2.24) is 0 Å². The number of benzene rings is 1. The molecular formula is C15H23FN2S. The van der Waals surface area contributed by atoms with Gasteiger partial charge < -0.3 is 10.6 Å². The Balaban J connectivity index is 2.23. The fourth-order valence-electron chi connectivity index (χ4n) is 2.50. The zero-order valence-corrected chi connectivity index (χ0v) is 12.6. The predicted molar refractivity (Wildman–Crippen MR) is 82.5 cm³/mol. The summed E-state index contributed by atoms with van der Waals surface area (Å²) in [6, 6.07) is 5.36. The van der Waals surface area contributed by atoms with Crippen LogP contribution in [0.1, 0.15) is 25.8 Å². The Labute approximate surface area is 119 Å². The summed E-state index contributed by atoms with van der Waals surface area (Å²) in [5, 5.41) is 0. The second-order valence-electron chi connectivity index (χ2n) is 5.62. The average Bonchev–Trinajstić information content (AvgIpc) is 2.53. The van der Waals surface area contributed by atoms with Crippen LogP contribution in [0.2, 0.25) is 0 Å². The highest BCUT2D eigenvalue weighted by molar-refractivity contribution is 8.00. The second-order valence-corrected chi connectivity index (χ2v) is 7.42. The van der Waals surface area contributed by atoms with Gasteiger partial charge in [-0.15, -0.1) is 0 Å². The quantitative estimate of drug-likeness (QED) is 0.924. The number of halogens is 1. The molecule has 1 aliphatic rings. The Morgan fingerprint density at radius 1 is 1.37 bits per heavy atom. The number of rotatable bonds is 3. The smallest absolute Gasteiger partial charge is 0.128 e. The molecule has 0 unspecified atom stereocenters. The molecule has 0 amide bonds. The summed E-state index contributed by atoms with van der Waals surface area (Å²) in [6.45, 7) is 7.03. The van der Waals surface area contributed by atoms with E-state index < -0.39 is 0 Å². The third-order valence-electron chi connectivity index (χ3n) is 3.67. The van der Waals surface area contributed by atoms with Crippen molar-refractivity contribution >= 4 is 17.4 Å². The number of hydrogen-bond donors (Lipinski definition) is 1. The van der Waals surface area contributed by atoms with Crippen LogP contribution in [0.25, 0.3) is 0 Å². The molecule has 106 valence electrons. The Bertz CT molecular complexity index is 434. The summed E-state index contributed by atoms with van der Waals surface area (Å²) in [5.74, 6) is 0.963.